The van der Waals surface area contributed by atoms with Gasteiger partial charge in [-0.25, -0.2) is 5.84 Å². The van der Waals surface area contributed by atoms with Crippen LogP contribution < -0.4 is 11.3 Å². The summed E-state index contributed by atoms with van der Waals surface area (Å²) in [5, 5.41) is 0. The summed E-state index contributed by atoms with van der Waals surface area (Å²) >= 11 is 0. The third kappa shape index (κ3) is 2.32. The highest BCUT2D eigenvalue weighted by atomic mass is 16.2. The van der Waals surface area contributed by atoms with Gasteiger partial charge in [-0.05, 0) is 19.1 Å². The number of aryl methyl sites for hydroxylation is 1. The molecule has 1 heterocycles. The molecule has 4 heteroatoms. The Morgan fingerprint density at radius 2 is 2.42 bits per heavy atom. The molecular weight excluding hydrogens is 154 g/mol. The standard InChI is InChI=1S/C8H11N3O/c1-6-3-2-4-7(10-6)5-8(12)11-9/h2-4H,5,9H2,1H3,(H,11,12). The molecule has 64 valence electrons. The van der Waals surface area contributed by atoms with E-state index in [1.54, 1.807) is 6.07 Å². The quantitative estimate of drug-likeness (QED) is 0.366. The molecule has 0 aliphatic carbocycles. The average Bonchev–Trinajstić information content (AvgIpc) is 2.04. The van der Waals surface area contributed by atoms with Crippen LogP contribution in [-0.2, 0) is 11.2 Å². The van der Waals surface area contributed by atoms with Crippen LogP contribution in [0, 0.1) is 6.92 Å². The van der Waals surface area contributed by atoms with Gasteiger partial charge in [0.05, 0.1) is 12.1 Å². The van der Waals surface area contributed by atoms with Gasteiger partial charge in [-0.2, -0.15) is 0 Å². The van der Waals surface area contributed by atoms with E-state index in [1.807, 2.05) is 19.1 Å². The first-order valence-corrected chi connectivity index (χ1v) is 3.64. The molecule has 0 atom stereocenters. The Bertz CT molecular complexity index is 285. The van der Waals surface area contributed by atoms with Crippen LogP contribution in [0.25, 0.3) is 0 Å². The smallest absolute Gasteiger partial charge is 0.239 e. The Balaban J connectivity index is 2.69. The number of hydrazine groups is 1. The molecule has 0 aliphatic rings. The second-order valence-electron chi connectivity index (χ2n) is 2.51. The van der Waals surface area contributed by atoms with E-state index in [2.05, 4.69) is 10.4 Å². The lowest BCUT2D eigenvalue weighted by Gasteiger charge is -1.99. The lowest BCUT2D eigenvalue weighted by Crippen LogP contribution is -2.31. The van der Waals surface area contributed by atoms with Crippen LogP contribution in [-0.4, -0.2) is 10.9 Å². The van der Waals surface area contributed by atoms with Crippen LogP contribution in [0.3, 0.4) is 0 Å². The third-order valence-corrected chi connectivity index (χ3v) is 1.45. The highest BCUT2D eigenvalue weighted by Gasteiger charge is 2.01. The van der Waals surface area contributed by atoms with Crippen molar-refractivity contribution < 1.29 is 4.79 Å². The molecule has 0 aromatic carbocycles. The molecule has 0 unspecified atom stereocenters. The number of hydrogen-bond acceptors (Lipinski definition) is 3. The summed E-state index contributed by atoms with van der Waals surface area (Å²) in [4.78, 5) is 15.0. The minimum Gasteiger partial charge on any atom is -0.294 e. The lowest BCUT2D eigenvalue weighted by molar-refractivity contribution is -0.120. The molecule has 1 rings (SSSR count). The van der Waals surface area contributed by atoms with Crippen LogP contribution in [0.15, 0.2) is 18.2 Å². The number of nitrogens with zero attached hydrogens (tertiary/aromatic N) is 1. The first-order chi connectivity index (χ1) is 5.72. The van der Waals surface area contributed by atoms with Crippen molar-refractivity contribution >= 4 is 5.91 Å². The highest BCUT2D eigenvalue weighted by Crippen LogP contribution is 1.98. The first-order valence-electron chi connectivity index (χ1n) is 3.64. The summed E-state index contributed by atoms with van der Waals surface area (Å²) in [5.74, 6) is 4.70. The maximum Gasteiger partial charge on any atom is 0.239 e. The van der Waals surface area contributed by atoms with Gasteiger partial charge < -0.3 is 0 Å². The summed E-state index contributed by atoms with van der Waals surface area (Å²) < 4.78 is 0. The van der Waals surface area contributed by atoms with Gasteiger partial charge in [-0.3, -0.25) is 15.2 Å². The van der Waals surface area contributed by atoms with Crippen LogP contribution >= 0.6 is 0 Å². The van der Waals surface area contributed by atoms with Crippen molar-refractivity contribution in [2.24, 2.45) is 5.84 Å². The molecule has 0 fully saturated rings. The molecule has 0 saturated carbocycles. The van der Waals surface area contributed by atoms with E-state index in [4.69, 9.17) is 5.84 Å². The lowest BCUT2D eigenvalue weighted by atomic mass is 10.2. The third-order valence-electron chi connectivity index (χ3n) is 1.45. The zero-order valence-corrected chi connectivity index (χ0v) is 6.87. The van der Waals surface area contributed by atoms with Gasteiger partial charge in [0.2, 0.25) is 5.91 Å². The molecule has 0 saturated heterocycles. The number of pyridine rings is 1. The van der Waals surface area contributed by atoms with Gasteiger partial charge in [0, 0.05) is 5.69 Å². The number of nitrogens with two attached hydrogens (primary N) is 1. The summed E-state index contributed by atoms with van der Waals surface area (Å²) in [6, 6.07) is 5.54. The summed E-state index contributed by atoms with van der Waals surface area (Å²) in [7, 11) is 0. The highest BCUT2D eigenvalue weighted by molar-refractivity contribution is 5.77. The zero-order chi connectivity index (χ0) is 8.97. The molecule has 0 aliphatic heterocycles. The Morgan fingerprint density at radius 3 is 3.00 bits per heavy atom. The molecule has 1 aromatic heterocycles. The van der Waals surface area contributed by atoms with Gasteiger partial charge in [-0.1, -0.05) is 6.07 Å². The topological polar surface area (TPSA) is 68.0 Å². The van der Waals surface area contributed by atoms with Crippen LogP contribution in [0.2, 0.25) is 0 Å². The van der Waals surface area contributed by atoms with E-state index in [0.717, 1.165) is 11.4 Å². The number of aromatic nitrogens is 1. The molecule has 4 nitrogen and oxygen atoms in total. The summed E-state index contributed by atoms with van der Waals surface area (Å²) in [6.07, 6.45) is 0.234. The summed E-state index contributed by atoms with van der Waals surface area (Å²) in [5.41, 5.74) is 3.69. The number of hydrogen-bond donors (Lipinski definition) is 2. The maximum absolute atomic E-state index is 10.8. The molecule has 1 aromatic rings. The Hall–Kier alpha value is -1.42. The molecule has 0 radical (unpaired) electrons. The number of carbonyl (C=O) groups excluding carboxylic acids is 1. The molecule has 0 spiro atoms. The number of nitrogens with one attached hydrogen (secondary N) is 1. The minimum atomic E-state index is -0.229. The largest absolute Gasteiger partial charge is 0.294 e. The molecular formula is C8H11N3O. The van der Waals surface area contributed by atoms with Gasteiger partial charge in [0.1, 0.15) is 0 Å². The fourth-order valence-electron chi connectivity index (χ4n) is 0.913. The second kappa shape index (κ2) is 3.82. The van der Waals surface area contributed by atoms with Crippen LogP contribution in [0.1, 0.15) is 11.4 Å². The second-order valence-corrected chi connectivity index (χ2v) is 2.51. The van der Waals surface area contributed by atoms with Crippen molar-refractivity contribution in [3.63, 3.8) is 0 Å². The van der Waals surface area contributed by atoms with Crippen LogP contribution in [0.5, 0.6) is 0 Å². The van der Waals surface area contributed by atoms with Gasteiger partial charge in [0.25, 0.3) is 0 Å². The van der Waals surface area contributed by atoms with E-state index >= 15 is 0 Å². The minimum absolute atomic E-state index is 0.229. The van der Waals surface area contributed by atoms with Crippen LogP contribution in [0.4, 0.5) is 0 Å². The normalized spacial score (nSPS) is 9.50. The molecule has 0 bridgehead atoms. The van der Waals surface area contributed by atoms with Gasteiger partial charge in [-0.15, -0.1) is 0 Å². The van der Waals surface area contributed by atoms with Crippen molar-refractivity contribution in [1.29, 1.82) is 0 Å². The first kappa shape index (κ1) is 8.67. The van der Waals surface area contributed by atoms with Gasteiger partial charge in [0.15, 0.2) is 0 Å². The predicted molar refractivity (Wildman–Crippen MR) is 45.0 cm³/mol. The number of rotatable bonds is 2. The summed E-state index contributed by atoms with van der Waals surface area (Å²) in [6.45, 7) is 1.88. The van der Waals surface area contributed by atoms with E-state index in [0.29, 0.717) is 0 Å². The van der Waals surface area contributed by atoms with Crippen molar-refractivity contribution in [2.45, 2.75) is 13.3 Å². The zero-order valence-electron chi connectivity index (χ0n) is 6.87. The number of carbonyl (C=O) groups is 1. The van der Waals surface area contributed by atoms with Crippen molar-refractivity contribution in [2.75, 3.05) is 0 Å². The van der Waals surface area contributed by atoms with Gasteiger partial charge >= 0.3 is 0 Å². The van der Waals surface area contributed by atoms with Crippen molar-refractivity contribution in [3.8, 4) is 0 Å². The van der Waals surface area contributed by atoms with E-state index < -0.39 is 0 Å². The van der Waals surface area contributed by atoms with E-state index in [9.17, 15) is 4.79 Å². The van der Waals surface area contributed by atoms with E-state index in [-0.39, 0.29) is 12.3 Å². The van der Waals surface area contributed by atoms with E-state index in [1.165, 1.54) is 0 Å². The predicted octanol–water partition coefficient (Wildman–Crippen LogP) is -0.0776. The van der Waals surface area contributed by atoms with Crippen molar-refractivity contribution in [1.82, 2.24) is 10.4 Å². The monoisotopic (exact) mass is 165 g/mol. The fourth-order valence-corrected chi connectivity index (χ4v) is 0.913. The Kier molecular flexibility index (Phi) is 2.76. The SMILES string of the molecule is Cc1cccc(CC(=O)NN)n1. The Morgan fingerprint density at radius 1 is 1.67 bits per heavy atom. The Labute approximate surface area is 70.8 Å². The molecule has 12 heavy (non-hydrogen) atoms. The average molecular weight is 165 g/mol. The maximum atomic E-state index is 10.8. The fraction of sp³-hybridized carbons (Fsp3) is 0.250. The molecule has 1 amide bonds. The number of amides is 1. The molecule has 3 N–H and O–H groups in total. The van der Waals surface area contributed by atoms with Crippen molar-refractivity contribution in [3.05, 3.63) is 29.6 Å².